The normalized spacial score (nSPS) is 10.8. The summed E-state index contributed by atoms with van der Waals surface area (Å²) in [5.74, 6) is 2.24. The van der Waals surface area contributed by atoms with Crippen molar-refractivity contribution in [2.45, 2.75) is 33.6 Å². The Kier molecular flexibility index (Phi) is 3.69. The third-order valence-electron chi connectivity index (χ3n) is 2.81. The summed E-state index contributed by atoms with van der Waals surface area (Å²) < 4.78 is 5.84. The minimum Gasteiger partial charge on any atom is -0.436 e. The molecule has 0 saturated heterocycles. The molecule has 0 spiro atoms. The molecule has 0 radical (unpaired) electrons. The Morgan fingerprint density at radius 2 is 1.89 bits per heavy atom. The first kappa shape index (κ1) is 13.3. The van der Waals surface area contributed by atoms with Crippen molar-refractivity contribution in [2.75, 3.05) is 5.73 Å². The molecule has 100 valence electrons. The van der Waals surface area contributed by atoms with Crippen LogP contribution in [0.25, 0.3) is 0 Å². The number of para-hydroxylation sites is 1. The SMILES string of the molecule is Cc1cc(Oc2c(C)cccc2N)nc(C(C)C)n1. The van der Waals surface area contributed by atoms with Crippen molar-refractivity contribution in [3.05, 3.63) is 41.3 Å². The molecule has 0 unspecified atom stereocenters. The van der Waals surface area contributed by atoms with Crippen LogP contribution < -0.4 is 10.5 Å². The van der Waals surface area contributed by atoms with E-state index < -0.39 is 0 Å². The Labute approximate surface area is 113 Å². The highest BCUT2D eigenvalue weighted by Crippen LogP contribution is 2.30. The molecule has 0 aliphatic carbocycles. The van der Waals surface area contributed by atoms with Crippen LogP contribution in [0.2, 0.25) is 0 Å². The van der Waals surface area contributed by atoms with Crippen LogP contribution in [0, 0.1) is 13.8 Å². The molecule has 0 saturated carbocycles. The molecule has 2 rings (SSSR count). The number of nitrogens with two attached hydrogens (primary N) is 1. The summed E-state index contributed by atoms with van der Waals surface area (Å²) in [6.07, 6.45) is 0. The summed E-state index contributed by atoms with van der Waals surface area (Å²) in [6.45, 7) is 8.01. The third-order valence-corrected chi connectivity index (χ3v) is 2.81. The highest BCUT2D eigenvalue weighted by molar-refractivity contribution is 5.57. The van der Waals surface area contributed by atoms with Crippen molar-refractivity contribution >= 4 is 5.69 Å². The molecule has 1 aromatic carbocycles. The van der Waals surface area contributed by atoms with E-state index in [1.807, 2.05) is 38.1 Å². The van der Waals surface area contributed by atoms with E-state index in [-0.39, 0.29) is 5.92 Å². The van der Waals surface area contributed by atoms with Gasteiger partial charge in [-0.05, 0) is 25.5 Å². The maximum Gasteiger partial charge on any atom is 0.222 e. The number of nitrogen functional groups attached to an aromatic ring is 1. The standard InChI is InChI=1S/C15H19N3O/c1-9(2)15-17-11(4)8-13(18-15)19-14-10(3)6-5-7-12(14)16/h5-9H,16H2,1-4H3. The fourth-order valence-electron chi connectivity index (χ4n) is 1.79. The van der Waals surface area contributed by atoms with Crippen molar-refractivity contribution in [1.29, 1.82) is 0 Å². The van der Waals surface area contributed by atoms with E-state index in [0.29, 0.717) is 17.3 Å². The van der Waals surface area contributed by atoms with Gasteiger partial charge in [-0.3, -0.25) is 0 Å². The van der Waals surface area contributed by atoms with Gasteiger partial charge in [-0.2, -0.15) is 4.98 Å². The average molecular weight is 257 g/mol. The molecule has 0 aliphatic heterocycles. The zero-order valence-electron chi connectivity index (χ0n) is 11.8. The monoisotopic (exact) mass is 257 g/mol. The van der Waals surface area contributed by atoms with E-state index in [2.05, 4.69) is 23.8 Å². The van der Waals surface area contributed by atoms with Crippen LogP contribution in [0.4, 0.5) is 5.69 Å². The molecular formula is C15H19N3O. The number of aromatic nitrogens is 2. The molecule has 1 heterocycles. The predicted molar refractivity (Wildman–Crippen MR) is 76.5 cm³/mol. The highest BCUT2D eigenvalue weighted by atomic mass is 16.5. The predicted octanol–water partition coefficient (Wildman–Crippen LogP) is 3.59. The van der Waals surface area contributed by atoms with Crippen LogP contribution in [-0.4, -0.2) is 9.97 Å². The summed E-state index contributed by atoms with van der Waals surface area (Å²) in [7, 11) is 0. The van der Waals surface area contributed by atoms with Crippen molar-refractivity contribution in [3.63, 3.8) is 0 Å². The number of ether oxygens (including phenoxy) is 1. The number of anilines is 1. The number of benzene rings is 1. The van der Waals surface area contributed by atoms with Gasteiger partial charge in [0.2, 0.25) is 5.88 Å². The van der Waals surface area contributed by atoms with Gasteiger partial charge in [-0.25, -0.2) is 4.98 Å². The molecule has 0 bridgehead atoms. The van der Waals surface area contributed by atoms with E-state index in [9.17, 15) is 0 Å². The molecule has 4 heteroatoms. The second-order valence-corrected chi connectivity index (χ2v) is 4.96. The molecule has 0 atom stereocenters. The molecule has 2 N–H and O–H groups in total. The molecule has 4 nitrogen and oxygen atoms in total. The van der Waals surface area contributed by atoms with E-state index in [1.165, 1.54) is 0 Å². The lowest BCUT2D eigenvalue weighted by Crippen LogP contribution is -2.02. The molecule has 0 amide bonds. The van der Waals surface area contributed by atoms with Crippen molar-refractivity contribution in [3.8, 4) is 11.6 Å². The Balaban J connectivity index is 2.38. The number of aryl methyl sites for hydroxylation is 2. The van der Waals surface area contributed by atoms with E-state index in [4.69, 9.17) is 10.5 Å². The zero-order valence-corrected chi connectivity index (χ0v) is 11.8. The number of nitrogens with zero attached hydrogens (tertiary/aromatic N) is 2. The largest absolute Gasteiger partial charge is 0.436 e. The molecular weight excluding hydrogens is 238 g/mol. The van der Waals surface area contributed by atoms with Gasteiger partial charge in [-0.1, -0.05) is 26.0 Å². The first-order chi connectivity index (χ1) is 8.97. The fourth-order valence-corrected chi connectivity index (χ4v) is 1.79. The quantitative estimate of drug-likeness (QED) is 0.853. The maximum atomic E-state index is 5.94. The molecule has 2 aromatic rings. The smallest absolute Gasteiger partial charge is 0.222 e. The topological polar surface area (TPSA) is 61.0 Å². The van der Waals surface area contributed by atoms with Crippen molar-refractivity contribution < 1.29 is 4.74 Å². The summed E-state index contributed by atoms with van der Waals surface area (Å²) in [5, 5.41) is 0. The van der Waals surface area contributed by atoms with Gasteiger partial charge in [0.25, 0.3) is 0 Å². The highest BCUT2D eigenvalue weighted by Gasteiger charge is 2.10. The van der Waals surface area contributed by atoms with Crippen LogP contribution in [0.3, 0.4) is 0 Å². The number of hydrogen-bond acceptors (Lipinski definition) is 4. The first-order valence-corrected chi connectivity index (χ1v) is 6.36. The van der Waals surface area contributed by atoms with Crippen LogP contribution in [-0.2, 0) is 0 Å². The van der Waals surface area contributed by atoms with Crippen molar-refractivity contribution in [2.24, 2.45) is 0 Å². The average Bonchev–Trinajstić information content (AvgIpc) is 2.33. The lowest BCUT2D eigenvalue weighted by Gasteiger charge is -2.12. The summed E-state index contributed by atoms with van der Waals surface area (Å²) in [6, 6.07) is 7.50. The third kappa shape index (κ3) is 3.02. The van der Waals surface area contributed by atoms with Crippen LogP contribution in [0.1, 0.15) is 36.8 Å². The van der Waals surface area contributed by atoms with Crippen LogP contribution >= 0.6 is 0 Å². The van der Waals surface area contributed by atoms with Gasteiger partial charge < -0.3 is 10.5 Å². The molecule has 19 heavy (non-hydrogen) atoms. The second kappa shape index (κ2) is 5.26. The van der Waals surface area contributed by atoms with Crippen molar-refractivity contribution in [1.82, 2.24) is 9.97 Å². The Bertz CT molecular complexity index is 574. The Morgan fingerprint density at radius 1 is 1.16 bits per heavy atom. The Morgan fingerprint density at radius 3 is 2.53 bits per heavy atom. The molecule has 0 fully saturated rings. The minimum atomic E-state index is 0.261. The van der Waals surface area contributed by atoms with Gasteiger partial charge in [0.1, 0.15) is 5.82 Å². The minimum absolute atomic E-state index is 0.261. The zero-order chi connectivity index (χ0) is 14.0. The fraction of sp³-hybridized carbons (Fsp3) is 0.333. The number of hydrogen-bond donors (Lipinski definition) is 1. The van der Waals surface area contributed by atoms with Gasteiger partial charge in [0, 0.05) is 17.7 Å². The van der Waals surface area contributed by atoms with Gasteiger partial charge in [0.15, 0.2) is 5.75 Å². The lowest BCUT2D eigenvalue weighted by molar-refractivity contribution is 0.455. The Hall–Kier alpha value is -2.10. The van der Waals surface area contributed by atoms with E-state index >= 15 is 0 Å². The van der Waals surface area contributed by atoms with Crippen LogP contribution in [0.5, 0.6) is 11.6 Å². The van der Waals surface area contributed by atoms with Crippen LogP contribution in [0.15, 0.2) is 24.3 Å². The van der Waals surface area contributed by atoms with Gasteiger partial charge >= 0.3 is 0 Å². The maximum absolute atomic E-state index is 5.94. The van der Waals surface area contributed by atoms with E-state index in [1.54, 1.807) is 0 Å². The first-order valence-electron chi connectivity index (χ1n) is 6.36. The summed E-state index contributed by atoms with van der Waals surface area (Å²) in [5.41, 5.74) is 8.43. The summed E-state index contributed by atoms with van der Waals surface area (Å²) >= 11 is 0. The van der Waals surface area contributed by atoms with Gasteiger partial charge in [-0.15, -0.1) is 0 Å². The molecule has 1 aromatic heterocycles. The molecule has 0 aliphatic rings. The van der Waals surface area contributed by atoms with E-state index in [0.717, 1.165) is 17.1 Å². The lowest BCUT2D eigenvalue weighted by atomic mass is 10.2. The van der Waals surface area contributed by atoms with Gasteiger partial charge in [0.05, 0.1) is 5.69 Å². The number of rotatable bonds is 3. The summed E-state index contributed by atoms with van der Waals surface area (Å²) in [4.78, 5) is 8.82. The second-order valence-electron chi connectivity index (χ2n) is 4.96.